The number of imide groups is 1. The molecule has 3 amide bonds. The molecule has 2 aromatic carbocycles. The summed E-state index contributed by atoms with van der Waals surface area (Å²) in [7, 11) is 0. The summed E-state index contributed by atoms with van der Waals surface area (Å²) < 4.78 is 4.72. The second-order valence-corrected chi connectivity index (χ2v) is 5.34. The molecule has 2 N–H and O–H groups in total. The van der Waals surface area contributed by atoms with Gasteiger partial charge in [-0.3, -0.25) is 24.5 Å². The molecule has 134 valence electrons. The lowest BCUT2D eigenvalue weighted by atomic mass is 10.1. The summed E-state index contributed by atoms with van der Waals surface area (Å²) >= 11 is 0. The Morgan fingerprint density at radius 2 is 1.42 bits per heavy atom. The highest BCUT2D eigenvalue weighted by Gasteiger charge is 2.12. The number of esters is 1. The van der Waals surface area contributed by atoms with Crippen LogP contribution in [0.4, 0.5) is 0 Å². The van der Waals surface area contributed by atoms with Gasteiger partial charge in [0.25, 0.3) is 11.8 Å². The van der Waals surface area contributed by atoms with Crippen molar-refractivity contribution in [1.29, 1.82) is 0 Å². The molecule has 0 heterocycles. The molecule has 0 bridgehead atoms. The molecule has 0 aliphatic carbocycles. The van der Waals surface area contributed by atoms with E-state index < -0.39 is 30.3 Å². The van der Waals surface area contributed by atoms with Crippen molar-refractivity contribution in [3.8, 4) is 0 Å². The molecular weight excluding hydrogens is 336 g/mol. The van der Waals surface area contributed by atoms with E-state index in [0.717, 1.165) is 5.56 Å². The fraction of sp³-hybridized carbons (Fsp3) is 0.158. The van der Waals surface area contributed by atoms with Crippen molar-refractivity contribution in [2.45, 2.75) is 6.42 Å². The predicted molar refractivity (Wildman–Crippen MR) is 93.0 cm³/mol. The van der Waals surface area contributed by atoms with E-state index in [2.05, 4.69) is 10.6 Å². The lowest BCUT2D eigenvalue weighted by Gasteiger charge is -2.07. The van der Waals surface area contributed by atoms with Gasteiger partial charge in [0.15, 0.2) is 6.61 Å². The van der Waals surface area contributed by atoms with Gasteiger partial charge in [-0.25, -0.2) is 0 Å². The van der Waals surface area contributed by atoms with Gasteiger partial charge in [0.1, 0.15) is 6.54 Å². The van der Waals surface area contributed by atoms with Crippen molar-refractivity contribution in [2.24, 2.45) is 0 Å². The van der Waals surface area contributed by atoms with Gasteiger partial charge in [0.05, 0.1) is 6.42 Å². The lowest BCUT2D eigenvalue weighted by Crippen LogP contribution is -2.37. The van der Waals surface area contributed by atoms with Crippen LogP contribution in [0.3, 0.4) is 0 Å². The predicted octanol–water partition coefficient (Wildman–Crippen LogP) is 0.845. The number of amides is 3. The number of hydrogen-bond acceptors (Lipinski definition) is 5. The molecule has 0 aliphatic heterocycles. The minimum atomic E-state index is -0.778. The molecule has 0 unspecified atom stereocenters. The van der Waals surface area contributed by atoms with Crippen LogP contribution in [0.2, 0.25) is 0 Å². The van der Waals surface area contributed by atoms with E-state index in [9.17, 15) is 19.2 Å². The normalized spacial score (nSPS) is 9.85. The van der Waals surface area contributed by atoms with Crippen molar-refractivity contribution in [3.63, 3.8) is 0 Å². The van der Waals surface area contributed by atoms with Gasteiger partial charge in [0, 0.05) is 5.56 Å². The van der Waals surface area contributed by atoms with E-state index in [1.54, 1.807) is 54.6 Å². The number of carbonyl (C=O) groups is 4. The average Bonchev–Trinajstić information content (AvgIpc) is 2.65. The maximum absolute atomic E-state index is 11.8. The first-order chi connectivity index (χ1) is 12.5. The van der Waals surface area contributed by atoms with E-state index in [1.807, 2.05) is 6.07 Å². The largest absolute Gasteiger partial charge is 0.454 e. The molecular formula is C19H18N2O5. The molecule has 2 rings (SSSR count). The smallest absolute Gasteiger partial charge is 0.325 e. The van der Waals surface area contributed by atoms with Gasteiger partial charge in [-0.1, -0.05) is 48.5 Å². The maximum Gasteiger partial charge on any atom is 0.325 e. The number of ether oxygens (including phenoxy) is 1. The van der Waals surface area contributed by atoms with Crippen LogP contribution in [-0.4, -0.2) is 36.8 Å². The molecule has 7 heteroatoms. The third kappa shape index (κ3) is 6.56. The number of benzene rings is 2. The standard InChI is InChI=1S/C19H18N2O5/c22-16(11-14-7-3-1-4-8-14)21-17(23)13-26-18(24)12-20-19(25)15-9-5-2-6-10-15/h1-10H,11-13H2,(H,20,25)(H,21,22,23). The third-order valence-corrected chi connectivity index (χ3v) is 3.28. The maximum atomic E-state index is 11.8. The van der Waals surface area contributed by atoms with Gasteiger partial charge >= 0.3 is 5.97 Å². The molecule has 0 fully saturated rings. The van der Waals surface area contributed by atoms with Crippen molar-refractivity contribution >= 4 is 23.7 Å². The SMILES string of the molecule is O=C(COC(=O)CNC(=O)c1ccccc1)NC(=O)Cc1ccccc1. The van der Waals surface area contributed by atoms with Crippen LogP contribution < -0.4 is 10.6 Å². The molecule has 0 spiro atoms. The first-order valence-electron chi connectivity index (χ1n) is 7.90. The van der Waals surface area contributed by atoms with Crippen LogP contribution in [0, 0.1) is 0 Å². The average molecular weight is 354 g/mol. The van der Waals surface area contributed by atoms with Crippen LogP contribution in [0.1, 0.15) is 15.9 Å². The minimum absolute atomic E-state index is 0.0493. The second kappa shape index (κ2) is 9.73. The van der Waals surface area contributed by atoms with Gasteiger partial charge in [-0.15, -0.1) is 0 Å². The Morgan fingerprint density at radius 3 is 2.08 bits per heavy atom. The zero-order chi connectivity index (χ0) is 18.8. The summed E-state index contributed by atoms with van der Waals surface area (Å²) in [5.74, 6) is -2.42. The second-order valence-electron chi connectivity index (χ2n) is 5.34. The Bertz CT molecular complexity index is 775. The Kier molecular flexibility index (Phi) is 7.05. The van der Waals surface area contributed by atoms with Gasteiger partial charge in [-0.05, 0) is 17.7 Å². The summed E-state index contributed by atoms with van der Waals surface area (Å²) in [6.45, 7) is -0.973. The first kappa shape index (κ1) is 18.9. The van der Waals surface area contributed by atoms with Crippen molar-refractivity contribution in [1.82, 2.24) is 10.6 Å². The van der Waals surface area contributed by atoms with Gasteiger partial charge < -0.3 is 10.1 Å². The summed E-state index contributed by atoms with van der Waals surface area (Å²) in [6, 6.07) is 17.3. The van der Waals surface area contributed by atoms with E-state index in [4.69, 9.17) is 4.74 Å². The number of nitrogens with one attached hydrogen (secondary N) is 2. The molecule has 2 aromatic rings. The highest BCUT2D eigenvalue weighted by molar-refractivity contribution is 5.98. The van der Waals surface area contributed by atoms with E-state index in [1.165, 1.54) is 0 Å². The van der Waals surface area contributed by atoms with E-state index in [0.29, 0.717) is 5.56 Å². The Labute approximate surface area is 150 Å². The zero-order valence-corrected chi connectivity index (χ0v) is 13.9. The quantitative estimate of drug-likeness (QED) is 0.718. The first-order valence-corrected chi connectivity index (χ1v) is 7.90. The molecule has 0 aliphatic rings. The van der Waals surface area contributed by atoms with Crippen LogP contribution >= 0.6 is 0 Å². The summed E-state index contributed by atoms with van der Waals surface area (Å²) in [4.78, 5) is 46.6. The molecule has 0 radical (unpaired) electrons. The fourth-order valence-corrected chi connectivity index (χ4v) is 2.06. The van der Waals surface area contributed by atoms with E-state index >= 15 is 0 Å². The Morgan fingerprint density at radius 1 is 0.808 bits per heavy atom. The monoisotopic (exact) mass is 354 g/mol. The molecule has 0 saturated carbocycles. The summed E-state index contributed by atoms with van der Waals surface area (Å²) in [6.07, 6.45) is 0.0493. The summed E-state index contributed by atoms with van der Waals surface area (Å²) in [5.41, 5.74) is 1.17. The number of hydrogen-bond donors (Lipinski definition) is 2. The molecule has 0 aromatic heterocycles. The van der Waals surface area contributed by atoms with Crippen LogP contribution in [-0.2, 0) is 25.5 Å². The Balaban J connectivity index is 1.66. The highest BCUT2D eigenvalue weighted by Crippen LogP contribution is 1.99. The van der Waals surface area contributed by atoms with E-state index in [-0.39, 0.29) is 13.0 Å². The van der Waals surface area contributed by atoms with Gasteiger partial charge in [0.2, 0.25) is 5.91 Å². The summed E-state index contributed by atoms with van der Waals surface area (Å²) in [5, 5.41) is 4.52. The molecule has 0 saturated heterocycles. The fourth-order valence-electron chi connectivity index (χ4n) is 2.06. The zero-order valence-electron chi connectivity index (χ0n) is 13.9. The van der Waals surface area contributed by atoms with Gasteiger partial charge in [-0.2, -0.15) is 0 Å². The topological polar surface area (TPSA) is 102 Å². The van der Waals surface area contributed by atoms with Crippen LogP contribution in [0.15, 0.2) is 60.7 Å². The van der Waals surface area contributed by atoms with Crippen molar-refractivity contribution < 1.29 is 23.9 Å². The molecule has 0 atom stereocenters. The Hall–Kier alpha value is -3.48. The van der Waals surface area contributed by atoms with Crippen molar-refractivity contribution in [2.75, 3.05) is 13.2 Å². The van der Waals surface area contributed by atoms with Crippen molar-refractivity contribution in [3.05, 3.63) is 71.8 Å². The van der Waals surface area contributed by atoms with Crippen LogP contribution in [0.25, 0.3) is 0 Å². The van der Waals surface area contributed by atoms with Crippen LogP contribution in [0.5, 0.6) is 0 Å². The molecule has 7 nitrogen and oxygen atoms in total. The highest BCUT2D eigenvalue weighted by atomic mass is 16.5. The third-order valence-electron chi connectivity index (χ3n) is 3.28. The minimum Gasteiger partial charge on any atom is -0.454 e. The number of rotatable bonds is 7. The lowest BCUT2D eigenvalue weighted by molar-refractivity contribution is -0.148. The molecule has 26 heavy (non-hydrogen) atoms. The number of carbonyl (C=O) groups excluding carboxylic acids is 4.